The van der Waals surface area contributed by atoms with Gasteiger partial charge in [0.1, 0.15) is 11.6 Å². The molecule has 0 aromatic heterocycles. The summed E-state index contributed by atoms with van der Waals surface area (Å²) in [6, 6.07) is 7.87. The van der Waals surface area contributed by atoms with Crippen molar-refractivity contribution in [2.75, 3.05) is 5.32 Å². The number of aromatic hydroxyl groups is 1. The predicted octanol–water partition coefficient (Wildman–Crippen LogP) is 2.79. The van der Waals surface area contributed by atoms with Crippen molar-refractivity contribution in [2.24, 2.45) is 0 Å². The van der Waals surface area contributed by atoms with Gasteiger partial charge in [-0.15, -0.1) is 0 Å². The summed E-state index contributed by atoms with van der Waals surface area (Å²) >= 11 is 0. The largest absolute Gasteiger partial charge is 0.506 e. The van der Waals surface area contributed by atoms with Gasteiger partial charge in [-0.25, -0.2) is 9.18 Å². The van der Waals surface area contributed by atoms with Gasteiger partial charge < -0.3 is 15.5 Å². The second kappa shape index (κ2) is 5.62. The molecule has 0 bridgehead atoms. The van der Waals surface area contributed by atoms with E-state index in [1.165, 1.54) is 31.2 Å². The molecule has 6 heteroatoms. The van der Waals surface area contributed by atoms with Gasteiger partial charge in [0.25, 0.3) is 5.91 Å². The van der Waals surface area contributed by atoms with Crippen LogP contribution >= 0.6 is 0 Å². The van der Waals surface area contributed by atoms with E-state index in [1.807, 2.05) is 0 Å². The van der Waals surface area contributed by atoms with Gasteiger partial charge in [-0.2, -0.15) is 0 Å². The van der Waals surface area contributed by atoms with Crippen molar-refractivity contribution in [1.82, 2.24) is 0 Å². The van der Waals surface area contributed by atoms with Gasteiger partial charge in [-0.3, -0.25) is 4.79 Å². The van der Waals surface area contributed by atoms with Gasteiger partial charge in [-0.05, 0) is 36.8 Å². The summed E-state index contributed by atoms with van der Waals surface area (Å²) in [5.41, 5.74) is 0.0583. The van der Waals surface area contributed by atoms with E-state index in [4.69, 9.17) is 5.11 Å². The summed E-state index contributed by atoms with van der Waals surface area (Å²) in [5.74, 6) is -2.98. The van der Waals surface area contributed by atoms with E-state index in [0.29, 0.717) is 5.56 Å². The number of hydrogen-bond donors (Lipinski definition) is 3. The van der Waals surface area contributed by atoms with Crippen molar-refractivity contribution >= 4 is 17.6 Å². The zero-order chi connectivity index (χ0) is 15.6. The third-order valence-corrected chi connectivity index (χ3v) is 2.93. The first-order valence-electron chi connectivity index (χ1n) is 6.03. The topological polar surface area (TPSA) is 86.6 Å². The summed E-state index contributed by atoms with van der Waals surface area (Å²) in [5, 5.41) is 20.8. The molecule has 2 aromatic rings. The van der Waals surface area contributed by atoms with Crippen LogP contribution in [0, 0.1) is 12.7 Å². The van der Waals surface area contributed by atoms with Crippen molar-refractivity contribution < 1.29 is 24.2 Å². The molecule has 0 aliphatic heterocycles. The lowest BCUT2D eigenvalue weighted by molar-refractivity contribution is 0.0696. The molecule has 2 aromatic carbocycles. The van der Waals surface area contributed by atoms with E-state index in [9.17, 15) is 19.1 Å². The molecule has 0 fully saturated rings. The van der Waals surface area contributed by atoms with Crippen LogP contribution in [-0.4, -0.2) is 22.1 Å². The first-order valence-corrected chi connectivity index (χ1v) is 6.03. The van der Waals surface area contributed by atoms with Gasteiger partial charge in [0.15, 0.2) is 0 Å². The molecular formula is C15H12FNO4. The minimum atomic E-state index is -1.20. The molecule has 0 aliphatic rings. The van der Waals surface area contributed by atoms with Crippen LogP contribution in [0.3, 0.4) is 0 Å². The van der Waals surface area contributed by atoms with Crippen LogP contribution in [0.4, 0.5) is 10.1 Å². The van der Waals surface area contributed by atoms with Crippen molar-refractivity contribution in [1.29, 1.82) is 0 Å². The number of benzene rings is 2. The van der Waals surface area contributed by atoms with Gasteiger partial charge >= 0.3 is 5.97 Å². The minimum Gasteiger partial charge on any atom is -0.506 e. The molecule has 1 amide bonds. The number of carboxylic acid groups (broad SMARTS) is 1. The lowest BCUT2D eigenvalue weighted by atomic mass is 10.1. The van der Waals surface area contributed by atoms with Crippen molar-refractivity contribution in [3.8, 4) is 5.75 Å². The Hall–Kier alpha value is -2.89. The fourth-order valence-electron chi connectivity index (χ4n) is 1.78. The number of hydrogen-bond acceptors (Lipinski definition) is 3. The maximum atomic E-state index is 13.8. The standard InChI is InChI=1S/C15H12FNO4/c1-8-3-2-4-10(13(8)16)14(19)17-11-6-5-9(15(20)21)7-12(11)18/h2-7,18H,1H3,(H,17,19)(H,20,21). The highest BCUT2D eigenvalue weighted by molar-refractivity contribution is 6.05. The van der Waals surface area contributed by atoms with Crippen molar-refractivity contribution in [2.45, 2.75) is 6.92 Å². The number of aromatic carboxylic acids is 1. The van der Waals surface area contributed by atoms with Gasteiger partial charge in [0, 0.05) is 0 Å². The molecule has 21 heavy (non-hydrogen) atoms. The predicted molar refractivity (Wildman–Crippen MR) is 74.2 cm³/mol. The van der Waals surface area contributed by atoms with E-state index in [-0.39, 0.29) is 16.8 Å². The smallest absolute Gasteiger partial charge is 0.335 e. The highest BCUT2D eigenvalue weighted by Gasteiger charge is 2.15. The second-order valence-corrected chi connectivity index (χ2v) is 4.43. The monoisotopic (exact) mass is 289 g/mol. The summed E-state index contributed by atoms with van der Waals surface area (Å²) in [7, 11) is 0. The molecular weight excluding hydrogens is 277 g/mol. The van der Waals surface area contributed by atoms with E-state index in [2.05, 4.69) is 5.32 Å². The number of phenols is 1. The fourth-order valence-corrected chi connectivity index (χ4v) is 1.78. The zero-order valence-corrected chi connectivity index (χ0v) is 11.1. The Kier molecular flexibility index (Phi) is 3.89. The Labute approximate surface area is 119 Å². The lowest BCUT2D eigenvalue weighted by Crippen LogP contribution is -2.14. The summed E-state index contributed by atoms with van der Waals surface area (Å²) in [4.78, 5) is 22.7. The molecule has 0 heterocycles. The number of rotatable bonds is 3. The summed E-state index contributed by atoms with van der Waals surface area (Å²) in [6.45, 7) is 1.53. The molecule has 0 aliphatic carbocycles. The molecule has 5 nitrogen and oxygen atoms in total. The Morgan fingerprint density at radius 2 is 1.90 bits per heavy atom. The number of phenolic OH excluding ortho intramolecular Hbond substituents is 1. The normalized spacial score (nSPS) is 10.2. The number of carboxylic acids is 1. The molecule has 2 rings (SSSR count). The molecule has 0 atom stereocenters. The van der Waals surface area contributed by atoms with E-state index in [0.717, 1.165) is 6.07 Å². The molecule has 0 radical (unpaired) electrons. The number of carbonyl (C=O) groups is 2. The van der Waals surface area contributed by atoms with Crippen LogP contribution in [0.15, 0.2) is 36.4 Å². The Morgan fingerprint density at radius 3 is 2.52 bits per heavy atom. The van der Waals surface area contributed by atoms with Crippen LogP contribution in [0.2, 0.25) is 0 Å². The molecule has 0 spiro atoms. The number of halogens is 1. The van der Waals surface area contributed by atoms with E-state index >= 15 is 0 Å². The molecule has 0 unspecified atom stereocenters. The first-order chi connectivity index (χ1) is 9.90. The third kappa shape index (κ3) is 3.00. The van der Waals surface area contributed by atoms with E-state index in [1.54, 1.807) is 6.07 Å². The van der Waals surface area contributed by atoms with Crippen LogP contribution in [0.5, 0.6) is 5.75 Å². The van der Waals surface area contributed by atoms with Gasteiger partial charge in [0.2, 0.25) is 0 Å². The van der Waals surface area contributed by atoms with Crippen molar-refractivity contribution in [3.63, 3.8) is 0 Å². The first kappa shape index (κ1) is 14.5. The third-order valence-electron chi connectivity index (χ3n) is 2.93. The Bertz CT molecular complexity index is 728. The fraction of sp³-hybridized carbons (Fsp3) is 0.0667. The van der Waals surface area contributed by atoms with Crippen LogP contribution in [0.25, 0.3) is 0 Å². The quantitative estimate of drug-likeness (QED) is 0.758. The number of carbonyl (C=O) groups excluding carboxylic acids is 1. The number of aryl methyl sites for hydroxylation is 1. The minimum absolute atomic E-state index is 0.00547. The highest BCUT2D eigenvalue weighted by Crippen LogP contribution is 2.25. The average Bonchev–Trinajstić information content (AvgIpc) is 2.43. The van der Waals surface area contributed by atoms with Gasteiger partial charge in [-0.1, -0.05) is 12.1 Å². The number of anilines is 1. The maximum Gasteiger partial charge on any atom is 0.335 e. The molecule has 108 valence electrons. The summed E-state index contributed by atoms with van der Waals surface area (Å²) in [6.07, 6.45) is 0. The number of amides is 1. The second-order valence-electron chi connectivity index (χ2n) is 4.43. The maximum absolute atomic E-state index is 13.8. The highest BCUT2D eigenvalue weighted by atomic mass is 19.1. The Balaban J connectivity index is 2.28. The SMILES string of the molecule is Cc1cccc(C(=O)Nc2ccc(C(=O)O)cc2O)c1F. The summed E-state index contributed by atoms with van der Waals surface area (Å²) < 4.78 is 13.8. The molecule has 3 N–H and O–H groups in total. The zero-order valence-electron chi connectivity index (χ0n) is 11.1. The van der Waals surface area contributed by atoms with Crippen LogP contribution in [0.1, 0.15) is 26.3 Å². The molecule has 0 saturated heterocycles. The van der Waals surface area contributed by atoms with Crippen LogP contribution < -0.4 is 5.32 Å². The van der Waals surface area contributed by atoms with Gasteiger partial charge in [0.05, 0.1) is 16.8 Å². The lowest BCUT2D eigenvalue weighted by Gasteiger charge is -2.09. The average molecular weight is 289 g/mol. The van der Waals surface area contributed by atoms with Crippen LogP contribution in [-0.2, 0) is 0 Å². The van der Waals surface area contributed by atoms with E-state index < -0.39 is 23.4 Å². The van der Waals surface area contributed by atoms with Crippen molar-refractivity contribution in [3.05, 3.63) is 58.9 Å². The molecule has 0 saturated carbocycles. The Morgan fingerprint density at radius 1 is 1.19 bits per heavy atom. The number of nitrogens with one attached hydrogen (secondary N) is 1.